The van der Waals surface area contributed by atoms with E-state index in [0.717, 1.165) is 0 Å². The number of carboxylic acid groups (broad SMARTS) is 2. The van der Waals surface area contributed by atoms with E-state index in [-0.39, 0.29) is 9.81 Å². The number of rotatable bonds is 11. The van der Waals surface area contributed by atoms with Crippen LogP contribution in [0.2, 0.25) is 0 Å². The largest absolute Gasteiger partial charge is 0.497 e. The standard InChI is InChI=1S/C28H24N2O10S2/c1-39-17-7-3-15(4-8-17)13-21-23(31)29(27(37)41-21)19(25(33)34)11-12-20(26(35)36)30-24(32)22(42-28(30)38)14-16-5-9-18(40-2)10-6-16/h3-10,13-14,19-20H,11-12H2,1-2H3,(H,33,34)(H,35,36)/b21-13-,22-14-/t19-,20-/m0/s1. The predicted octanol–water partition coefficient (Wildman–Crippen LogP) is 4.16. The van der Waals surface area contributed by atoms with Gasteiger partial charge in [-0.15, -0.1) is 0 Å². The maximum Gasteiger partial charge on any atom is 0.326 e. The van der Waals surface area contributed by atoms with E-state index in [1.807, 2.05) is 0 Å². The van der Waals surface area contributed by atoms with Crippen LogP contribution >= 0.6 is 23.5 Å². The third-order valence-electron chi connectivity index (χ3n) is 6.38. The molecule has 0 bridgehead atoms. The van der Waals surface area contributed by atoms with Crippen LogP contribution in [0.5, 0.6) is 11.5 Å². The number of carboxylic acids is 2. The normalized spacial score (nSPS) is 18.6. The van der Waals surface area contributed by atoms with Crippen molar-refractivity contribution in [3.05, 3.63) is 69.5 Å². The zero-order valence-electron chi connectivity index (χ0n) is 22.2. The molecule has 2 aliphatic heterocycles. The number of hydrogen-bond donors (Lipinski definition) is 2. The Morgan fingerprint density at radius 3 is 1.31 bits per heavy atom. The maximum atomic E-state index is 13.1. The third-order valence-corrected chi connectivity index (χ3v) is 8.15. The number of amides is 4. The van der Waals surface area contributed by atoms with Crippen molar-refractivity contribution in [2.75, 3.05) is 14.2 Å². The fourth-order valence-electron chi connectivity index (χ4n) is 4.24. The summed E-state index contributed by atoms with van der Waals surface area (Å²) >= 11 is 1.11. The second-order valence-corrected chi connectivity index (χ2v) is 10.9. The Hall–Kier alpha value is -4.56. The number of carbonyl (C=O) groups excluding carboxylic acids is 4. The summed E-state index contributed by atoms with van der Waals surface area (Å²) in [7, 11) is 2.99. The third kappa shape index (κ3) is 6.50. The number of imide groups is 2. The van der Waals surface area contributed by atoms with Crippen molar-refractivity contribution in [3.63, 3.8) is 0 Å². The lowest BCUT2D eigenvalue weighted by atomic mass is 10.0. The Morgan fingerprint density at radius 1 is 0.690 bits per heavy atom. The Bertz CT molecular complexity index is 1390. The molecule has 12 nitrogen and oxygen atoms in total. The quantitative estimate of drug-likeness (QED) is 0.348. The van der Waals surface area contributed by atoms with E-state index in [9.17, 15) is 39.0 Å². The molecule has 2 heterocycles. The van der Waals surface area contributed by atoms with Gasteiger partial charge in [0, 0.05) is 0 Å². The van der Waals surface area contributed by atoms with Gasteiger partial charge in [-0.2, -0.15) is 0 Å². The average Bonchev–Trinajstić information content (AvgIpc) is 3.39. The van der Waals surface area contributed by atoms with Crippen LogP contribution < -0.4 is 9.47 Å². The lowest BCUT2D eigenvalue weighted by Gasteiger charge is -2.25. The van der Waals surface area contributed by atoms with Gasteiger partial charge in [-0.05, 0) is 83.9 Å². The number of nitrogens with zero attached hydrogens (tertiary/aromatic N) is 2. The Kier molecular flexibility index (Phi) is 9.38. The average molecular weight is 613 g/mol. The van der Waals surface area contributed by atoms with E-state index < -0.39 is 59.2 Å². The molecule has 4 rings (SSSR count). The van der Waals surface area contributed by atoms with Crippen molar-refractivity contribution in [2.45, 2.75) is 24.9 Å². The Balaban J connectivity index is 1.51. The molecular formula is C28H24N2O10S2. The molecular weight excluding hydrogens is 588 g/mol. The summed E-state index contributed by atoms with van der Waals surface area (Å²) in [5, 5.41) is 18.0. The van der Waals surface area contributed by atoms with Crippen molar-refractivity contribution >= 4 is 69.9 Å². The molecule has 2 aromatic rings. The minimum Gasteiger partial charge on any atom is -0.497 e. The fourth-order valence-corrected chi connectivity index (χ4v) is 6.00. The molecule has 0 aromatic heterocycles. The number of benzene rings is 2. The first-order chi connectivity index (χ1) is 20.0. The smallest absolute Gasteiger partial charge is 0.326 e. The topological polar surface area (TPSA) is 168 Å². The molecule has 2 N–H and O–H groups in total. The molecule has 2 aromatic carbocycles. The van der Waals surface area contributed by atoms with Crippen molar-refractivity contribution < 1.29 is 48.5 Å². The van der Waals surface area contributed by atoms with E-state index in [2.05, 4.69) is 0 Å². The van der Waals surface area contributed by atoms with Crippen LogP contribution in [0.1, 0.15) is 24.0 Å². The monoisotopic (exact) mass is 612 g/mol. The van der Waals surface area contributed by atoms with Gasteiger partial charge < -0.3 is 19.7 Å². The van der Waals surface area contributed by atoms with Crippen LogP contribution in [0.25, 0.3) is 12.2 Å². The van der Waals surface area contributed by atoms with Gasteiger partial charge in [0.2, 0.25) is 0 Å². The second-order valence-electron chi connectivity index (χ2n) is 8.94. The number of hydrogen-bond acceptors (Lipinski definition) is 10. The van der Waals surface area contributed by atoms with Crippen LogP contribution in [-0.2, 0) is 19.2 Å². The van der Waals surface area contributed by atoms with Crippen LogP contribution in [0, 0.1) is 0 Å². The van der Waals surface area contributed by atoms with Crippen LogP contribution in [0.4, 0.5) is 9.59 Å². The molecule has 0 aliphatic carbocycles. The molecule has 0 radical (unpaired) electrons. The molecule has 218 valence electrons. The molecule has 14 heteroatoms. The molecule has 2 atom stereocenters. The van der Waals surface area contributed by atoms with Crippen molar-refractivity contribution in [3.8, 4) is 11.5 Å². The van der Waals surface area contributed by atoms with Crippen LogP contribution in [0.3, 0.4) is 0 Å². The van der Waals surface area contributed by atoms with E-state index in [4.69, 9.17) is 9.47 Å². The number of methoxy groups -OCH3 is 2. The van der Waals surface area contributed by atoms with E-state index in [0.29, 0.717) is 55.9 Å². The number of ether oxygens (including phenoxy) is 2. The minimum absolute atomic E-state index is 0.0131. The summed E-state index contributed by atoms with van der Waals surface area (Å²) in [4.78, 5) is 76.9. The summed E-state index contributed by atoms with van der Waals surface area (Å²) in [5.41, 5.74) is 1.14. The van der Waals surface area contributed by atoms with Gasteiger partial charge in [-0.25, -0.2) is 9.59 Å². The zero-order valence-corrected chi connectivity index (χ0v) is 23.8. The highest BCUT2D eigenvalue weighted by Crippen LogP contribution is 2.37. The summed E-state index contributed by atoms with van der Waals surface area (Å²) in [6.07, 6.45) is 1.83. The summed E-state index contributed by atoms with van der Waals surface area (Å²) in [5.74, 6) is -3.63. The predicted molar refractivity (Wildman–Crippen MR) is 154 cm³/mol. The molecule has 42 heavy (non-hydrogen) atoms. The van der Waals surface area contributed by atoms with Gasteiger partial charge in [-0.3, -0.25) is 29.0 Å². The van der Waals surface area contributed by atoms with Crippen LogP contribution in [-0.4, -0.2) is 80.5 Å². The lowest BCUT2D eigenvalue weighted by molar-refractivity contribution is -0.148. The fraction of sp³-hybridized carbons (Fsp3) is 0.214. The molecule has 4 amide bonds. The minimum atomic E-state index is -1.73. The van der Waals surface area contributed by atoms with Crippen molar-refractivity contribution in [2.24, 2.45) is 0 Å². The van der Waals surface area contributed by atoms with Gasteiger partial charge in [0.05, 0.1) is 24.0 Å². The Labute approximate surface area is 247 Å². The maximum absolute atomic E-state index is 13.1. The van der Waals surface area contributed by atoms with E-state index in [1.165, 1.54) is 26.4 Å². The lowest BCUT2D eigenvalue weighted by Crippen LogP contribution is -2.47. The molecule has 2 fully saturated rings. The first-order valence-corrected chi connectivity index (χ1v) is 13.9. The van der Waals surface area contributed by atoms with E-state index >= 15 is 0 Å². The van der Waals surface area contributed by atoms with Crippen LogP contribution in [0.15, 0.2) is 58.3 Å². The van der Waals surface area contributed by atoms with Crippen molar-refractivity contribution in [1.29, 1.82) is 0 Å². The van der Waals surface area contributed by atoms with Gasteiger partial charge in [-0.1, -0.05) is 24.3 Å². The highest BCUT2D eigenvalue weighted by atomic mass is 32.2. The summed E-state index contributed by atoms with van der Waals surface area (Å²) < 4.78 is 10.2. The van der Waals surface area contributed by atoms with E-state index in [1.54, 1.807) is 48.5 Å². The first-order valence-electron chi connectivity index (χ1n) is 12.3. The van der Waals surface area contributed by atoms with Crippen molar-refractivity contribution in [1.82, 2.24) is 9.80 Å². The van der Waals surface area contributed by atoms with Gasteiger partial charge in [0.15, 0.2) is 0 Å². The molecule has 0 unspecified atom stereocenters. The number of carbonyl (C=O) groups is 6. The highest BCUT2D eigenvalue weighted by molar-refractivity contribution is 8.18. The zero-order chi connectivity index (χ0) is 30.6. The highest BCUT2D eigenvalue weighted by Gasteiger charge is 2.46. The molecule has 2 aliphatic rings. The summed E-state index contributed by atoms with van der Waals surface area (Å²) in [6, 6.07) is 9.76. The Morgan fingerprint density at radius 2 is 1.02 bits per heavy atom. The number of aliphatic carboxylic acids is 2. The van der Waals surface area contributed by atoms with Gasteiger partial charge >= 0.3 is 11.9 Å². The van der Waals surface area contributed by atoms with Gasteiger partial charge in [0.25, 0.3) is 22.3 Å². The second kappa shape index (κ2) is 13.0. The number of thioether (sulfide) groups is 2. The molecule has 0 spiro atoms. The molecule has 2 saturated heterocycles. The SMILES string of the molecule is COc1ccc(/C=C2\SC(=O)N([C@@H](CC[C@@H](C(=O)O)N3C(=O)S/C(=C\c4ccc(OC)cc4)C3=O)C(=O)O)C2=O)cc1. The molecule has 0 saturated carbocycles. The van der Waals surface area contributed by atoms with Gasteiger partial charge in [0.1, 0.15) is 23.6 Å². The summed E-state index contributed by atoms with van der Waals surface area (Å²) in [6.45, 7) is 0. The first kappa shape index (κ1) is 30.4.